The van der Waals surface area contributed by atoms with Crippen molar-refractivity contribution >= 4 is 17.5 Å². The van der Waals surface area contributed by atoms with Crippen molar-refractivity contribution in [1.29, 1.82) is 0 Å². The first-order chi connectivity index (χ1) is 15.5. The van der Waals surface area contributed by atoms with Crippen LogP contribution in [0.2, 0.25) is 0 Å². The van der Waals surface area contributed by atoms with Crippen molar-refractivity contribution in [1.82, 2.24) is 9.97 Å². The second-order valence-electron chi connectivity index (χ2n) is 7.62. The number of nitrogens with two attached hydrogens (primary N) is 2. The van der Waals surface area contributed by atoms with Gasteiger partial charge in [-0.3, -0.25) is 4.79 Å². The summed E-state index contributed by atoms with van der Waals surface area (Å²) >= 11 is 0. The molecule has 4 rings (SSSR count). The average molecular weight is 428 g/mol. The molecule has 1 aromatic heterocycles. The highest BCUT2D eigenvalue weighted by molar-refractivity contribution is 5.99. The van der Waals surface area contributed by atoms with Crippen LogP contribution in [0, 0.1) is 17.8 Å². The Morgan fingerprint density at radius 3 is 2.34 bits per heavy atom. The Balaban J connectivity index is 1.60. The zero-order valence-corrected chi connectivity index (χ0v) is 18.0. The number of nitrogen functional groups attached to an aromatic ring is 2. The average Bonchev–Trinajstić information content (AvgIpc) is 3.65. The molecule has 0 unspecified atom stereocenters. The van der Waals surface area contributed by atoms with Crippen molar-refractivity contribution < 1.29 is 14.3 Å². The van der Waals surface area contributed by atoms with Crippen LogP contribution in [0.3, 0.4) is 0 Å². The highest BCUT2D eigenvalue weighted by Crippen LogP contribution is 2.36. The Hall–Kier alpha value is -4.05. The molecule has 1 aliphatic rings. The van der Waals surface area contributed by atoms with Crippen molar-refractivity contribution in [2.45, 2.75) is 19.3 Å². The third-order valence-corrected chi connectivity index (χ3v) is 5.36. The SMILES string of the molecule is COc1c(C#Cc2ccc(C(=O)C3CC3)cc2)ccc(Cc2cnc(N)nc2N)c1OC. The van der Waals surface area contributed by atoms with E-state index in [1.165, 1.54) is 0 Å². The van der Waals surface area contributed by atoms with Crippen LogP contribution in [0.15, 0.2) is 42.6 Å². The lowest BCUT2D eigenvalue weighted by atomic mass is 10.0. The molecule has 0 radical (unpaired) electrons. The highest BCUT2D eigenvalue weighted by Gasteiger charge is 2.30. The Morgan fingerprint density at radius 2 is 1.72 bits per heavy atom. The molecule has 1 heterocycles. The summed E-state index contributed by atoms with van der Waals surface area (Å²) < 4.78 is 11.2. The predicted octanol–water partition coefficient (Wildman–Crippen LogP) is 3.24. The van der Waals surface area contributed by atoms with E-state index in [2.05, 4.69) is 21.8 Å². The number of rotatable bonds is 6. The number of hydrogen-bond acceptors (Lipinski definition) is 7. The van der Waals surface area contributed by atoms with E-state index in [9.17, 15) is 4.79 Å². The predicted molar refractivity (Wildman–Crippen MR) is 123 cm³/mol. The summed E-state index contributed by atoms with van der Waals surface area (Å²) in [5, 5.41) is 0. The van der Waals surface area contributed by atoms with E-state index in [0.29, 0.717) is 29.3 Å². The minimum Gasteiger partial charge on any atom is -0.493 e. The molecule has 0 aliphatic heterocycles. The zero-order valence-electron chi connectivity index (χ0n) is 18.0. The fraction of sp³-hybridized carbons (Fsp3) is 0.240. The topological polar surface area (TPSA) is 113 Å². The van der Waals surface area contributed by atoms with E-state index < -0.39 is 0 Å². The molecule has 32 heavy (non-hydrogen) atoms. The molecule has 0 spiro atoms. The van der Waals surface area contributed by atoms with Crippen LogP contribution in [0.4, 0.5) is 11.8 Å². The van der Waals surface area contributed by atoms with E-state index in [0.717, 1.165) is 35.1 Å². The van der Waals surface area contributed by atoms with Gasteiger partial charge >= 0.3 is 0 Å². The van der Waals surface area contributed by atoms with Crippen molar-refractivity contribution in [3.8, 4) is 23.3 Å². The van der Waals surface area contributed by atoms with Gasteiger partial charge in [-0.1, -0.05) is 30.0 Å². The second-order valence-corrected chi connectivity index (χ2v) is 7.62. The number of nitrogens with zero attached hydrogens (tertiary/aromatic N) is 2. The number of ketones is 1. The van der Waals surface area contributed by atoms with Gasteiger partial charge in [0.2, 0.25) is 5.95 Å². The molecule has 0 bridgehead atoms. The lowest BCUT2D eigenvalue weighted by Gasteiger charge is -2.15. The third-order valence-electron chi connectivity index (χ3n) is 5.36. The van der Waals surface area contributed by atoms with Crippen LogP contribution in [-0.4, -0.2) is 30.0 Å². The van der Waals surface area contributed by atoms with E-state index in [-0.39, 0.29) is 17.6 Å². The number of carbonyl (C=O) groups is 1. The lowest BCUT2D eigenvalue weighted by molar-refractivity contribution is 0.0967. The maximum Gasteiger partial charge on any atom is 0.221 e. The molecule has 1 aliphatic carbocycles. The molecule has 0 atom stereocenters. The van der Waals surface area contributed by atoms with Gasteiger partial charge in [0.05, 0.1) is 19.8 Å². The first-order valence-corrected chi connectivity index (χ1v) is 10.3. The number of ether oxygens (including phenoxy) is 2. The summed E-state index contributed by atoms with van der Waals surface area (Å²) in [6, 6.07) is 11.2. The first-order valence-electron chi connectivity index (χ1n) is 10.3. The number of carbonyl (C=O) groups excluding carboxylic acids is 1. The summed E-state index contributed by atoms with van der Waals surface area (Å²) in [5.74, 6) is 8.26. The van der Waals surface area contributed by atoms with Crippen LogP contribution in [0.5, 0.6) is 11.5 Å². The smallest absolute Gasteiger partial charge is 0.221 e. The molecule has 7 nitrogen and oxygen atoms in total. The maximum atomic E-state index is 12.2. The van der Waals surface area contributed by atoms with Crippen molar-refractivity contribution in [2.75, 3.05) is 25.7 Å². The molecule has 0 saturated heterocycles. The number of anilines is 2. The van der Waals surface area contributed by atoms with Gasteiger partial charge in [-0.15, -0.1) is 0 Å². The molecular formula is C25H24N4O3. The van der Waals surface area contributed by atoms with Gasteiger partial charge in [0.1, 0.15) is 5.82 Å². The minimum absolute atomic E-state index is 0.131. The monoisotopic (exact) mass is 428 g/mol. The fourth-order valence-electron chi connectivity index (χ4n) is 3.48. The largest absolute Gasteiger partial charge is 0.493 e. The number of hydrogen-bond donors (Lipinski definition) is 2. The fourth-order valence-corrected chi connectivity index (χ4v) is 3.48. The molecule has 1 saturated carbocycles. The third kappa shape index (κ3) is 4.49. The van der Waals surface area contributed by atoms with Crippen LogP contribution >= 0.6 is 0 Å². The number of methoxy groups -OCH3 is 2. The molecule has 0 amide bonds. The van der Waals surface area contributed by atoms with Crippen LogP contribution in [0.1, 0.15) is 45.5 Å². The van der Waals surface area contributed by atoms with E-state index in [4.69, 9.17) is 20.9 Å². The molecule has 162 valence electrons. The van der Waals surface area contributed by atoms with Gasteiger partial charge in [0, 0.05) is 40.8 Å². The summed E-state index contributed by atoms with van der Waals surface area (Å²) in [7, 11) is 3.16. The molecular weight excluding hydrogens is 404 g/mol. The highest BCUT2D eigenvalue weighted by atomic mass is 16.5. The number of aromatic nitrogens is 2. The Morgan fingerprint density at radius 1 is 1.00 bits per heavy atom. The van der Waals surface area contributed by atoms with Crippen molar-refractivity contribution in [2.24, 2.45) is 5.92 Å². The van der Waals surface area contributed by atoms with Gasteiger partial charge in [-0.25, -0.2) is 4.98 Å². The standard InChI is InChI=1S/C25H24N4O3/c1-31-22-18(8-5-15-3-6-16(7-4-15)21(30)17-9-10-17)11-12-19(23(22)32-2)13-20-14-28-25(27)29-24(20)26/h3-4,6-7,11-12,14,17H,9-10,13H2,1-2H3,(H4,26,27,28,29). The Bertz CT molecular complexity index is 1220. The Kier molecular flexibility index (Phi) is 5.95. The van der Waals surface area contributed by atoms with Crippen molar-refractivity contribution in [3.05, 3.63) is 70.4 Å². The second kappa shape index (κ2) is 8.98. The van der Waals surface area contributed by atoms with Crippen LogP contribution in [-0.2, 0) is 6.42 Å². The van der Waals surface area contributed by atoms with E-state index >= 15 is 0 Å². The molecule has 3 aromatic rings. The number of Topliss-reactive ketones (excluding diaryl/α,β-unsaturated/α-hetero) is 1. The Labute approximate surface area is 186 Å². The summed E-state index contributed by atoms with van der Waals surface area (Å²) in [6.07, 6.45) is 4.05. The van der Waals surface area contributed by atoms with Gasteiger partial charge in [0.25, 0.3) is 0 Å². The normalized spacial score (nSPS) is 12.6. The molecule has 4 N–H and O–H groups in total. The maximum absolute atomic E-state index is 12.2. The van der Waals surface area contributed by atoms with Gasteiger partial charge in [-0.2, -0.15) is 4.98 Å². The van der Waals surface area contributed by atoms with Gasteiger partial charge < -0.3 is 20.9 Å². The van der Waals surface area contributed by atoms with Crippen LogP contribution < -0.4 is 20.9 Å². The molecule has 7 heteroatoms. The zero-order chi connectivity index (χ0) is 22.7. The quantitative estimate of drug-likeness (QED) is 0.458. The van der Waals surface area contributed by atoms with Gasteiger partial charge in [-0.05, 0) is 31.0 Å². The summed E-state index contributed by atoms with van der Waals surface area (Å²) in [4.78, 5) is 20.2. The van der Waals surface area contributed by atoms with Crippen LogP contribution in [0.25, 0.3) is 0 Å². The van der Waals surface area contributed by atoms with Gasteiger partial charge in [0.15, 0.2) is 17.3 Å². The van der Waals surface area contributed by atoms with E-state index in [1.54, 1.807) is 20.4 Å². The molecule has 1 fully saturated rings. The lowest BCUT2D eigenvalue weighted by Crippen LogP contribution is -2.05. The summed E-state index contributed by atoms with van der Waals surface area (Å²) in [6.45, 7) is 0. The molecule has 2 aromatic carbocycles. The number of benzene rings is 2. The summed E-state index contributed by atoms with van der Waals surface area (Å²) in [5.41, 5.74) is 15.4. The minimum atomic E-state index is 0.131. The van der Waals surface area contributed by atoms with E-state index in [1.807, 2.05) is 36.4 Å². The van der Waals surface area contributed by atoms with Crippen molar-refractivity contribution in [3.63, 3.8) is 0 Å². The first kappa shape index (κ1) is 21.2.